The number of ether oxygens (including phenoxy) is 1. The molecule has 1 aromatic rings. The van der Waals surface area contributed by atoms with Crippen LogP contribution in [0.4, 0.5) is 0 Å². The van der Waals surface area contributed by atoms with Crippen LogP contribution in [0, 0.1) is 6.92 Å². The van der Waals surface area contributed by atoms with Crippen molar-refractivity contribution in [1.82, 2.24) is 0 Å². The van der Waals surface area contributed by atoms with Crippen LogP contribution in [0.25, 0.3) is 0 Å². The lowest BCUT2D eigenvalue weighted by Crippen LogP contribution is -2.22. The molecule has 4 nitrogen and oxygen atoms in total. The van der Waals surface area contributed by atoms with Crippen LogP contribution < -0.4 is 10.5 Å². The Labute approximate surface area is 128 Å². The van der Waals surface area contributed by atoms with Gasteiger partial charge in [0.1, 0.15) is 12.4 Å². The molecule has 1 rings (SSSR count). The van der Waals surface area contributed by atoms with E-state index in [-0.39, 0.29) is 24.2 Å². The summed E-state index contributed by atoms with van der Waals surface area (Å²) in [5.41, 5.74) is 8.08. The first-order valence-electron chi connectivity index (χ1n) is 7.57. The number of rotatable bonds is 9. The van der Waals surface area contributed by atoms with E-state index < -0.39 is 9.84 Å². The van der Waals surface area contributed by atoms with Crippen LogP contribution in [0.5, 0.6) is 5.75 Å². The summed E-state index contributed by atoms with van der Waals surface area (Å²) in [6.45, 7) is 6.08. The normalized spacial score (nSPS) is 13.1. The second-order valence-electron chi connectivity index (χ2n) is 5.44. The van der Waals surface area contributed by atoms with E-state index in [1.54, 1.807) is 0 Å². The molecule has 0 aliphatic heterocycles. The van der Waals surface area contributed by atoms with Gasteiger partial charge >= 0.3 is 0 Å². The number of hydrogen-bond donors (Lipinski definition) is 1. The molecule has 1 unspecified atom stereocenters. The molecule has 0 heterocycles. The van der Waals surface area contributed by atoms with Crippen molar-refractivity contribution in [2.45, 2.75) is 46.1 Å². The number of benzene rings is 1. The molecule has 1 aromatic carbocycles. The van der Waals surface area contributed by atoms with E-state index in [4.69, 9.17) is 10.5 Å². The van der Waals surface area contributed by atoms with Gasteiger partial charge < -0.3 is 10.5 Å². The van der Waals surface area contributed by atoms with Crippen molar-refractivity contribution in [2.75, 3.05) is 18.1 Å². The van der Waals surface area contributed by atoms with Crippen molar-refractivity contribution in [3.8, 4) is 5.75 Å². The molecule has 0 bridgehead atoms. The van der Waals surface area contributed by atoms with E-state index in [9.17, 15) is 8.42 Å². The Kier molecular flexibility index (Phi) is 7.18. The van der Waals surface area contributed by atoms with Gasteiger partial charge in [-0.25, -0.2) is 8.42 Å². The quantitative estimate of drug-likeness (QED) is 0.760. The van der Waals surface area contributed by atoms with E-state index in [0.717, 1.165) is 29.7 Å². The van der Waals surface area contributed by atoms with Gasteiger partial charge in [-0.1, -0.05) is 32.0 Å². The Hall–Kier alpha value is -1.07. The van der Waals surface area contributed by atoms with Crippen LogP contribution in [-0.2, 0) is 16.3 Å². The van der Waals surface area contributed by atoms with Crippen LogP contribution in [-0.4, -0.2) is 32.6 Å². The molecule has 0 aliphatic carbocycles. The summed E-state index contributed by atoms with van der Waals surface area (Å²) in [5.74, 6) is 1.07. The predicted octanol–water partition coefficient (Wildman–Crippen LogP) is 2.48. The first-order chi connectivity index (χ1) is 9.89. The average Bonchev–Trinajstić information content (AvgIpc) is 2.41. The molecule has 0 fully saturated rings. The van der Waals surface area contributed by atoms with E-state index in [0.29, 0.717) is 6.42 Å². The first-order valence-corrected chi connectivity index (χ1v) is 9.39. The Bertz CT molecular complexity index is 540. The van der Waals surface area contributed by atoms with Crippen LogP contribution in [0.1, 0.15) is 37.8 Å². The fraction of sp³-hybridized carbons (Fsp3) is 0.625. The second kappa shape index (κ2) is 8.39. The fourth-order valence-corrected chi connectivity index (χ4v) is 3.35. The van der Waals surface area contributed by atoms with Gasteiger partial charge in [-0.15, -0.1) is 0 Å². The lowest BCUT2D eigenvalue weighted by molar-refractivity contribution is 0.333. The van der Waals surface area contributed by atoms with Gasteiger partial charge in [0.15, 0.2) is 9.84 Å². The van der Waals surface area contributed by atoms with E-state index in [1.807, 2.05) is 32.0 Å². The summed E-state index contributed by atoms with van der Waals surface area (Å²) in [5, 5.41) is 0. The average molecular weight is 313 g/mol. The van der Waals surface area contributed by atoms with Crippen molar-refractivity contribution < 1.29 is 13.2 Å². The van der Waals surface area contributed by atoms with Gasteiger partial charge in [0.05, 0.1) is 11.5 Å². The Morgan fingerprint density at radius 2 is 1.95 bits per heavy atom. The molecule has 0 aliphatic rings. The van der Waals surface area contributed by atoms with Gasteiger partial charge in [-0.2, -0.15) is 0 Å². The second-order valence-corrected chi connectivity index (χ2v) is 7.74. The number of para-hydroxylation sites is 1. The molecule has 5 heteroatoms. The van der Waals surface area contributed by atoms with Crippen LogP contribution in [0.2, 0.25) is 0 Å². The van der Waals surface area contributed by atoms with Crippen molar-refractivity contribution in [1.29, 1.82) is 0 Å². The van der Waals surface area contributed by atoms with Crippen molar-refractivity contribution in [3.63, 3.8) is 0 Å². The summed E-state index contributed by atoms with van der Waals surface area (Å²) in [6.07, 6.45) is 2.29. The minimum Gasteiger partial charge on any atom is -0.492 e. The maximum absolute atomic E-state index is 11.7. The third kappa shape index (κ3) is 6.06. The molecule has 0 saturated carbocycles. The van der Waals surface area contributed by atoms with Gasteiger partial charge in [0.2, 0.25) is 0 Å². The molecule has 1 atom stereocenters. The Balaban J connectivity index is 2.74. The highest BCUT2D eigenvalue weighted by molar-refractivity contribution is 7.91. The zero-order valence-electron chi connectivity index (χ0n) is 13.3. The smallest absolute Gasteiger partial charge is 0.153 e. The van der Waals surface area contributed by atoms with Gasteiger partial charge in [0.25, 0.3) is 0 Å². The van der Waals surface area contributed by atoms with Gasteiger partial charge in [-0.05, 0) is 37.3 Å². The minimum absolute atomic E-state index is 0.0639. The molecule has 120 valence electrons. The molecular formula is C16H27NO3S. The predicted molar refractivity (Wildman–Crippen MR) is 87.6 cm³/mol. The number of hydrogen-bond acceptors (Lipinski definition) is 4. The SMILES string of the molecule is CCCS(=O)(=O)CCOc1c(C)cccc1CC(N)CC. The van der Waals surface area contributed by atoms with E-state index in [2.05, 4.69) is 6.92 Å². The molecular weight excluding hydrogens is 286 g/mol. The third-order valence-corrected chi connectivity index (χ3v) is 5.27. The number of aryl methyl sites for hydroxylation is 1. The molecule has 2 N–H and O–H groups in total. The maximum Gasteiger partial charge on any atom is 0.153 e. The summed E-state index contributed by atoms with van der Waals surface area (Å²) < 4.78 is 29.2. The van der Waals surface area contributed by atoms with Crippen LogP contribution in [0.3, 0.4) is 0 Å². The first kappa shape index (κ1) is 18.0. The standard InChI is InChI=1S/C16H27NO3S/c1-4-10-21(18,19)11-9-20-16-13(3)7-6-8-14(16)12-15(17)5-2/h6-8,15H,4-5,9-12,17H2,1-3H3. The monoisotopic (exact) mass is 313 g/mol. The molecule has 0 spiro atoms. The molecule has 0 saturated heterocycles. The highest BCUT2D eigenvalue weighted by atomic mass is 32.2. The van der Waals surface area contributed by atoms with Gasteiger partial charge in [0, 0.05) is 6.04 Å². The summed E-state index contributed by atoms with van der Waals surface area (Å²) >= 11 is 0. The van der Waals surface area contributed by atoms with Gasteiger partial charge in [-0.3, -0.25) is 0 Å². The lowest BCUT2D eigenvalue weighted by atomic mass is 10.0. The zero-order valence-corrected chi connectivity index (χ0v) is 14.1. The minimum atomic E-state index is -3.00. The largest absolute Gasteiger partial charge is 0.492 e. The van der Waals surface area contributed by atoms with Crippen LogP contribution in [0.15, 0.2) is 18.2 Å². The zero-order chi connectivity index (χ0) is 15.9. The lowest BCUT2D eigenvalue weighted by Gasteiger charge is -2.16. The summed E-state index contributed by atoms with van der Waals surface area (Å²) in [7, 11) is -3.00. The van der Waals surface area contributed by atoms with E-state index >= 15 is 0 Å². The Morgan fingerprint density at radius 1 is 1.24 bits per heavy atom. The Morgan fingerprint density at radius 3 is 2.57 bits per heavy atom. The van der Waals surface area contributed by atoms with Crippen molar-refractivity contribution in [2.24, 2.45) is 5.73 Å². The van der Waals surface area contributed by atoms with E-state index in [1.165, 1.54) is 0 Å². The summed E-state index contributed by atoms with van der Waals surface area (Å²) in [4.78, 5) is 0. The van der Waals surface area contributed by atoms with Crippen LogP contribution >= 0.6 is 0 Å². The summed E-state index contributed by atoms with van der Waals surface area (Å²) in [6, 6.07) is 6.04. The molecule has 21 heavy (non-hydrogen) atoms. The molecule has 0 aromatic heterocycles. The topological polar surface area (TPSA) is 69.4 Å². The fourth-order valence-electron chi connectivity index (χ4n) is 2.19. The maximum atomic E-state index is 11.7. The molecule has 0 amide bonds. The molecule has 0 radical (unpaired) electrons. The number of sulfone groups is 1. The van der Waals surface area contributed by atoms with Crippen molar-refractivity contribution >= 4 is 9.84 Å². The number of nitrogens with two attached hydrogens (primary N) is 1. The highest BCUT2D eigenvalue weighted by Crippen LogP contribution is 2.25. The third-order valence-electron chi connectivity index (χ3n) is 3.46. The van der Waals surface area contributed by atoms with Crippen molar-refractivity contribution in [3.05, 3.63) is 29.3 Å². The highest BCUT2D eigenvalue weighted by Gasteiger charge is 2.13.